The van der Waals surface area contributed by atoms with E-state index in [4.69, 9.17) is 12.2 Å². The molecule has 0 aliphatic carbocycles. The second-order valence-corrected chi connectivity index (χ2v) is 4.48. The third-order valence-electron chi connectivity index (χ3n) is 2.81. The van der Waals surface area contributed by atoms with E-state index in [0.29, 0.717) is 0 Å². The Kier molecular flexibility index (Phi) is 4.31. The lowest BCUT2D eigenvalue weighted by molar-refractivity contribution is 0.474. The first-order valence-electron chi connectivity index (χ1n) is 5.90. The molecular formula is C16H14O2S. The predicted octanol–water partition coefficient (Wildman–Crippen LogP) is 3.89. The Labute approximate surface area is 117 Å². The van der Waals surface area contributed by atoms with Crippen molar-refractivity contribution >= 4 is 23.7 Å². The molecule has 0 bridgehead atoms. The van der Waals surface area contributed by atoms with Crippen LogP contribution in [0.2, 0.25) is 0 Å². The van der Waals surface area contributed by atoms with E-state index in [1.54, 1.807) is 29.6 Å². The smallest absolute Gasteiger partial charge is 0.115 e. The lowest BCUT2D eigenvalue weighted by atomic mass is 9.99. The fourth-order valence-electron chi connectivity index (χ4n) is 1.73. The highest BCUT2D eigenvalue weighted by atomic mass is 32.1. The Bertz CT molecular complexity index is 571. The first kappa shape index (κ1) is 13.3. The lowest BCUT2D eigenvalue weighted by Crippen LogP contribution is -1.94. The average Bonchev–Trinajstić information content (AvgIpc) is 2.43. The molecule has 19 heavy (non-hydrogen) atoms. The number of allylic oxidation sites excluding steroid dienone is 1. The molecule has 0 spiro atoms. The highest BCUT2D eigenvalue weighted by molar-refractivity contribution is 7.79. The summed E-state index contributed by atoms with van der Waals surface area (Å²) in [6.45, 7) is 0. The fourth-order valence-corrected chi connectivity index (χ4v) is 1.98. The minimum Gasteiger partial charge on any atom is -0.508 e. The topological polar surface area (TPSA) is 40.5 Å². The van der Waals surface area contributed by atoms with E-state index >= 15 is 0 Å². The number of benzene rings is 2. The van der Waals surface area contributed by atoms with Gasteiger partial charge in [0.2, 0.25) is 0 Å². The van der Waals surface area contributed by atoms with E-state index in [2.05, 4.69) is 0 Å². The molecular weight excluding hydrogens is 256 g/mol. The first-order chi connectivity index (χ1) is 9.19. The van der Waals surface area contributed by atoms with Crippen molar-refractivity contribution in [2.24, 2.45) is 0 Å². The van der Waals surface area contributed by atoms with Crippen LogP contribution in [0.15, 0.2) is 54.6 Å². The van der Waals surface area contributed by atoms with Crippen LogP contribution in [-0.2, 0) is 0 Å². The summed E-state index contributed by atoms with van der Waals surface area (Å²) in [6.07, 6.45) is 3.95. The summed E-state index contributed by atoms with van der Waals surface area (Å²) in [5, 5.41) is 20.2. The van der Waals surface area contributed by atoms with Gasteiger partial charge in [-0.15, -0.1) is 0 Å². The zero-order valence-corrected chi connectivity index (χ0v) is 11.0. The van der Waals surface area contributed by atoms with Crippen molar-refractivity contribution in [1.29, 1.82) is 0 Å². The lowest BCUT2D eigenvalue weighted by Gasteiger charge is -2.07. The molecule has 0 aliphatic rings. The molecule has 0 radical (unpaired) electrons. The van der Waals surface area contributed by atoms with Gasteiger partial charge >= 0.3 is 0 Å². The maximum absolute atomic E-state index is 9.27. The van der Waals surface area contributed by atoms with Crippen LogP contribution in [0, 0.1) is 0 Å². The predicted molar refractivity (Wildman–Crippen MR) is 81.6 cm³/mol. The summed E-state index contributed by atoms with van der Waals surface area (Å²) < 4.78 is 0. The van der Waals surface area contributed by atoms with Gasteiger partial charge in [-0.3, -0.25) is 0 Å². The van der Waals surface area contributed by atoms with E-state index in [-0.39, 0.29) is 17.4 Å². The Balaban J connectivity index is 2.17. The summed E-state index contributed by atoms with van der Waals surface area (Å²) in [4.78, 5) is 0. The van der Waals surface area contributed by atoms with Gasteiger partial charge < -0.3 is 10.2 Å². The van der Waals surface area contributed by atoms with Gasteiger partial charge in [0.1, 0.15) is 11.5 Å². The molecule has 2 rings (SSSR count). The highest BCUT2D eigenvalue weighted by Crippen LogP contribution is 2.20. The molecule has 0 heterocycles. The first-order valence-corrected chi connectivity index (χ1v) is 6.37. The average molecular weight is 270 g/mol. The van der Waals surface area contributed by atoms with Crippen LogP contribution in [0.25, 0.3) is 6.08 Å². The molecule has 1 unspecified atom stereocenters. The van der Waals surface area contributed by atoms with Gasteiger partial charge in [-0.2, -0.15) is 0 Å². The second kappa shape index (κ2) is 6.16. The van der Waals surface area contributed by atoms with Crippen molar-refractivity contribution in [1.82, 2.24) is 0 Å². The monoisotopic (exact) mass is 270 g/mol. The van der Waals surface area contributed by atoms with Crippen molar-refractivity contribution in [3.8, 4) is 11.5 Å². The normalized spacial score (nSPS) is 12.4. The van der Waals surface area contributed by atoms with E-state index in [1.807, 2.05) is 36.4 Å². The number of phenols is 2. The molecule has 1 atom stereocenters. The second-order valence-electron chi connectivity index (χ2n) is 4.20. The summed E-state index contributed by atoms with van der Waals surface area (Å²) in [5.41, 5.74) is 2.03. The van der Waals surface area contributed by atoms with E-state index < -0.39 is 0 Å². The number of rotatable bonds is 4. The van der Waals surface area contributed by atoms with Gasteiger partial charge in [-0.25, -0.2) is 0 Å². The third-order valence-corrected chi connectivity index (χ3v) is 3.11. The number of hydrogen-bond donors (Lipinski definition) is 2. The zero-order valence-electron chi connectivity index (χ0n) is 10.2. The molecule has 2 N–H and O–H groups in total. The van der Waals surface area contributed by atoms with Crippen molar-refractivity contribution in [3.63, 3.8) is 0 Å². The maximum Gasteiger partial charge on any atom is 0.115 e. The van der Waals surface area contributed by atoms with Crippen molar-refractivity contribution in [2.75, 3.05) is 0 Å². The Morgan fingerprint density at radius 3 is 1.89 bits per heavy atom. The van der Waals surface area contributed by atoms with Crippen molar-refractivity contribution < 1.29 is 10.2 Å². The minimum atomic E-state index is 0.0180. The van der Waals surface area contributed by atoms with Gasteiger partial charge in [0.05, 0.1) is 0 Å². The largest absolute Gasteiger partial charge is 0.508 e. The Hall–Kier alpha value is -2.13. The van der Waals surface area contributed by atoms with Crippen LogP contribution in [0.3, 0.4) is 0 Å². The highest BCUT2D eigenvalue weighted by Gasteiger charge is 2.04. The van der Waals surface area contributed by atoms with Gasteiger partial charge in [-0.05, 0) is 40.8 Å². The van der Waals surface area contributed by atoms with Crippen molar-refractivity contribution in [2.45, 2.75) is 5.92 Å². The number of aromatic hydroxyl groups is 2. The maximum atomic E-state index is 9.27. The van der Waals surface area contributed by atoms with Crippen LogP contribution >= 0.6 is 12.2 Å². The summed E-state index contributed by atoms with van der Waals surface area (Å²) >= 11 is 5.05. The molecule has 2 aromatic carbocycles. The van der Waals surface area contributed by atoms with Gasteiger partial charge in [0.15, 0.2) is 0 Å². The van der Waals surface area contributed by atoms with Crippen LogP contribution < -0.4 is 0 Å². The Morgan fingerprint density at radius 1 is 0.842 bits per heavy atom. The van der Waals surface area contributed by atoms with Gasteiger partial charge in [0.25, 0.3) is 0 Å². The van der Waals surface area contributed by atoms with E-state index in [9.17, 15) is 10.2 Å². The summed E-state index contributed by atoms with van der Waals surface area (Å²) in [7, 11) is 0. The van der Waals surface area contributed by atoms with Crippen molar-refractivity contribution in [3.05, 3.63) is 65.7 Å². The van der Waals surface area contributed by atoms with Gasteiger partial charge in [-0.1, -0.05) is 48.6 Å². The molecule has 0 fully saturated rings. The molecule has 0 saturated carbocycles. The summed E-state index contributed by atoms with van der Waals surface area (Å²) in [6, 6.07) is 14.0. The van der Waals surface area contributed by atoms with Crippen LogP contribution in [0.1, 0.15) is 17.0 Å². The molecule has 0 aliphatic heterocycles. The summed E-state index contributed by atoms with van der Waals surface area (Å²) in [5.74, 6) is 0.515. The molecule has 0 amide bonds. The van der Waals surface area contributed by atoms with Crippen LogP contribution in [-0.4, -0.2) is 15.6 Å². The Morgan fingerprint density at radius 2 is 1.37 bits per heavy atom. The standard InChI is InChI=1S/C16H14O2S/c17-15-7-2-12(3-8-15)1-4-14(11-19)13-5-9-16(18)10-6-13/h1-11,14,17-18H/b4-1-. The SMILES string of the molecule is Oc1ccc(/C=C\C(C=S)c2ccc(O)cc2)cc1. The molecule has 0 saturated heterocycles. The number of phenolic OH excluding ortho intramolecular Hbond substituents is 2. The zero-order chi connectivity index (χ0) is 13.7. The molecule has 96 valence electrons. The molecule has 3 heteroatoms. The molecule has 2 aromatic rings. The molecule has 2 nitrogen and oxygen atoms in total. The quantitative estimate of drug-likeness (QED) is 0.828. The minimum absolute atomic E-state index is 0.0180. The van der Waals surface area contributed by atoms with Gasteiger partial charge in [0, 0.05) is 5.92 Å². The van der Waals surface area contributed by atoms with Crippen LogP contribution in [0.4, 0.5) is 0 Å². The fraction of sp³-hybridized carbons (Fsp3) is 0.0625. The number of hydrogen-bond acceptors (Lipinski definition) is 3. The molecule has 0 aromatic heterocycles. The van der Waals surface area contributed by atoms with E-state index in [1.165, 1.54) is 0 Å². The van der Waals surface area contributed by atoms with E-state index in [0.717, 1.165) is 11.1 Å². The van der Waals surface area contributed by atoms with Crippen LogP contribution in [0.5, 0.6) is 11.5 Å². The number of thiocarbonyl (C=S) groups is 1. The third kappa shape index (κ3) is 3.66.